The van der Waals surface area contributed by atoms with Crippen molar-refractivity contribution in [3.63, 3.8) is 0 Å². The van der Waals surface area contributed by atoms with Gasteiger partial charge in [0, 0.05) is 11.8 Å². The number of hydrogen-bond donors (Lipinski definition) is 0. The third kappa shape index (κ3) is 4.36. The highest BCUT2D eigenvalue weighted by atomic mass is 79.9. The third-order valence-corrected chi connectivity index (χ3v) is 5.54. The van der Waals surface area contributed by atoms with Gasteiger partial charge < -0.3 is 4.74 Å². The van der Waals surface area contributed by atoms with Gasteiger partial charge in [0.1, 0.15) is 0 Å². The maximum Gasteiger partial charge on any atom is 0.0850 e. The second-order valence-corrected chi connectivity index (χ2v) is 6.68. The van der Waals surface area contributed by atoms with E-state index in [0.29, 0.717) is 17.9 Å². The molecule has 0 saturated heterocycles. The van der Waals surface area contributed by atoms with Gasteiger partial charge in [-0.2, -0.15) is 0 Å². The van der Waals surface area contributed by atoms with E-state index in [9.17, 15) is 0 Å². The van der Waals surface area contributed by atoms with Crippen molar-refractivity contribution in [3.05, 3.63) is 0 Å². The number of hydrogen-bond acceptors (Lipinski definition) is 1. The van der Waals surface area contributed by atoms with Crippen LogP contribution in [-0.2, 0) is 4.74 Å². The molecule has 0 aromatic carbocycles. The van der Waals surface area contributed by atoms with Crippen LogP contribution in [0.4, 0.5) is 0 Å². The van der Waals surface area contributed by atoms with E-state index < -0.39 is 0 Å². The second-order valence-electron chi connectivity index (χ2n) is 4.89. The topological polar surface area (TPSA) is 9.23 Å². The van der Waals surface area contributed by atoms with Crippen molar-refractivity contribution in [1.29, 1.82) is 0 Å². The lowest BCUT2D eigenvalue weighted by Gasteiger charge is -2.34. The first kappa shape index (κ1) is 15.1. The molecule has 16 heavy (non-hydrogen) atoms. The number of ether oxygens (including phenoxy) is 1. The van der Waals surface area contributed by atoms with E-state index in [0.717, 1.165) is 24.7 Å². The molecule has 0 aromatic rings. The van der Waals surface area contributed by atoms with Gasteiger partial charge in [-0.05, 0) is 31.1 Å². The van der Waals surface area contributed by atoms with E-state index >= 15 is 0 Å². The SMILES string of the molecule is CC1CCC(OC(CCl)C(Br)CCl)CC1C. The van der Waals surface area contributed by atoms with Crippen molar-refractivity contribution < 1.29 is 4.74 Å². The summed E-state index contributed by atoms with van der Waals surface area (Å²) in [5.74, 6) is 2.61. The molecule has 0 bridgehead atoms. The van der Waals surface area contributed by atoms with Crippen molar-refractivity contribution in [2.75, 3.05) is 11.8 Å². The minimum Gasteiger partial charge on any atom is -0.373 e. The molecule has 1 aliphatic carbocycles. The molecule has 0 heterocycles. The molecule has 1 nitrogen and oxygen atoms in total. The van der Waals surface area contributed by atoms with E-state index in [4.69, 9.17) is 27.9 Å². The minimum atomic E-state index is 0.0322. The van der Waals surface area contributed by atoms with Crippen LogP contribution in [0.5, 0.6) is 0 Å². The standard InChI is InChI=1S/C12H21BrCl2O/c1-8-3-4-10(5-9(8)2)16-12(7-15)11(13)6-14/h8-12H,3-7H2,1-2H3. The fourth-order valence-corrected chi connectivity index (χ4v) is 3.20. The molecule has 0 N–H and O–H groups in total. The Morgan fingerprint density at radius 3 is 2.38 bits per heavy atom. The highest BCUT2D eigenvalue weighted by Crippen LogP contribution is 2.32. The molecule has 0 amide bonds. The van der Waals surface area contributed by atoms with Crippen LogP contribution in [0.25, 0.3) is 0 Å². The van der Waals surface area contributed by atoms with Gasteiger partial charge in [0.25, 0.3) is 0 Å². The lowest BCUT2D eigenvalue weighted by molar-refractivity contribution is -0.0357. The van der Waals surface area contributed by atoms with E-state index in [2.05, 4.69) is 29.8 Å². The van der Waals surface area contributed by atoms with Crippen molar-refractivity contribution in [1.82, 2.24) is 0 Å². The first-order valence-electron chi connectivity index (χ1n) is 6.00. The monoisotopic (exact) mass is 330 g/mol. The Morgan fingerprint density at radius 2 is 1.88 bits per heavy atom. The van der Waals surface area contributed by atoms with Gasteiger partial charge in [-0.25, -0.2) is 0 Å². The molecule has 5 atom stereocenters. The number of rotatable bonds is 5. The van der Waals surface area contributed by atoms with Crippen LogP contribution in [0.1, 0.15) is 33.1 Å². The van der Waals surface area contributed by atoms with Crippen LogP contribution in [0.3, 0.4) is 0 Å². The first-order valence-corrected chi connectivity index (χ1v) is 7.98. The Hall–Kier alpha value is 1.02. The summed E-state index contributed by atoms with van der Waals surface area (Å²) in [4.78, 5) is 0.154. The Labute approximate surface area is 117 Å². The van der Waals surface area contributed by atoms with Gasteiger partial charge in [-0.3, -0.25) is 0 Å². The highest BCUT2D eigenvalue weighted by molar-refractivity contribution is 9.09. The molecule has 1 aliphatic rings. The zero-order valence-electron chi connectivity index (χ0n) is 9.96. The van der Waals surface area contributed by atoms with Crippen LogP contribution >= 0.6 is 39.1 Å². The van der Waals surface area contributed by atoms with Gasteiger partial charge in [0.05, 0.1) is 17.0 Å². The third-order valence-electron chi connectivity index (χ3n) is 3.62. The summed E-state index contributed by atoms with van der Waals surface area (Å²) in [7, 11) is 0. The minimum absolute atomic E-state index is 0.0322. The molecule has 1 rings (SSSR count). The lowest BCUT2D eigenvalue weighted by Crippen LogP contribution is -2.35. The Morgan fingerprint density at radius 1 is 1.19 bits per heavy atom. The fourth-order valence-electron chi connectivity index (χ4n) is 2.19. The Kier molecular flexibility index (Phi) is 7.02. The zero-order chi connectivity index (χ0) is 12.1. The lowest BCUT2D eigenvalue weighted by atomic mass is 9.80. The maximum absolute atomic E-state index is 6.05. The molecule has 5 unspecified atom stereocenters. The molecular weight excluding hydrogens is 311 g/mol. The van der Waals surface area contributed by atoms with Crippen molar-refractivity contribution in [3.8, 4) is 0 Å². The van der Waals surface area contributed by atoms with Crippen LogP contribution in [0.15, 0.2) is 0 Å². The summed E-state index contributed by atoms with van der Waals surface area (Å²) >= 11 is 15.2. The van der Waals surface area contributed by atoms with Gasteiger partial charge in [-0.15, -0.1) is 23.2 Å². The average Bonchev–Trinajstić information content (AvgIpc) is 2.29. The van der Waals surface area contributed by atoms with Crippen LogP contribution in [0, 0.1) is 11.8 Å². The van der Waals surface area contributed by atoms with E-state index in [1.165, 1.54) is 6.42 Å². The molecule has 1 saturated carbocycles. The van der Waals surface area contributed by atoms with Crippen LogP contribution < -0.4 is 0 Å². The fraction of sp³-hybridized carbons (Fsp3) is 1.00. The Balaban J connectivity index is 2.40. The molecule has 96 valence electrons. The summed E-state index contributed by atoms with van der Waals surface area (Å²) in [6, 6.07) is 0. The van der Waals surface area contributed by atoms with Gasteiger partial charge in [0.15, 0.2) is 0 Å². The Bertz CT molecular complexity index is 203. The largest absolute Gasteiger partial charge is 0.373 e. The molecule has 0 aromatic heterocycles. The van der Waals surface area contributed by atoms with Gasteiger partial charge in [-0.1, -0.05) is 29.8 Å². The number of alkyl halides is 3. The predicted molar refractivity (Wildman–Crippen MR) is 75.0 cm³/mol. The molecular formula is C12H21BrCl2O. The molecule has 0 radical (unpaired) electrons. The van der Waals surface area contributed by atoms with Crippen LogP contribution in [0.2, 0.25) is 0 Å². The van der Waals surface area contributed by atoms with Gasteiger partial charge in [0.2, 0.25) is 0 Å². The summed E-state index contributed by atoms with van der Waals surface area (Å²) in [5.41, 5.74) is 0. The smallest absolute Gasteiger partial charge is 0.0850 e. The van der Waals surface area contributed by atoms with E-state index in [1.807, 2.05) is 0 Å². The molecule has 4 heteroatoms. The van der Waals surface area contributed by atoms with E-state index in [1.54, 1.807) is 0 Å². The normalized spacial score (nSPS) is 34.7. The number of halogens is 3. The second kappa shape index (κ2) is 7.45. The molecule has 0 spiro atoms. The summed E-state index contributed by atoms with van der Waals surface area (Å²) < 4.78 is 6.05. The van der Waals surface area contributed by atoms with Crippen molar-refractivity contribution in [2.24, 2.45) is 11.8 Å². The summed E-state index contributed by atoms with van der Waals surface area (Å²) in [6.07, 6.45) is 3.95. The van der Waals surface area contributed by atoms with Crippen molar-refractivity contribution in [2.45, 2.75) is 50.1 Å². The molecule has 1 fully saturated rings. The van der Waals surface area contributed by atoms with Crippen molar-refractivity contribution >= 4 is 39.1 Å². The summed E-state index contributed by atoms with van der Waals surface area (Å²) in [5, 5.41) is 0. The predicted octanol–water partition coefficient (Wildman–Crippen LogP) is 4.44. The summed E-state index contributed by atoms with van der Waals surface area (Å²) in [6.45, 7) is 4.63. The van der Waals surface area contributed by atoms with E-state index in [-0.39, 0.29) is 10.9 Å². The first-order chi connectivity index (χ1) is 7.58. The average molecular weight is 332 g/mol. The van der Waals surface area contributed by atoms with Crippen LogP contribution in [-0.4, -0.2) is 28.8 Å². The zero-order valence-corrected chi connectivity index (χ0v) is 13.1. The van der Waals surface area contributed by atoms with Gasteiger partial charge >= 0.3 is 0 Å². The highest BCUT2D eigenvalue weighted by Gasteiger charge is 2.28. The molecule has 0 aliphatic heterocycles. The maximum atomic E-state index is 6.05. The quantitative estimate of drug-likeness (QED) is 0.677.